The molecule has 4 aromatic heterocycles. The summed E-state index contributed by atoms with van der Waals surface area (Å²) in [7, 11) is 0. The first-order chi connectivity index (χ1) is 23.2. The van der Waals surface area contributed by atoms with Gasteiger partial charge in [-0.3, -0.25) is 15.4 Å². The van der Waals surface area contributed by atoms with Gasteiger partial charge in [-0.25, -0.2) is 14.4 Å². The zero-order valence-corrected chi connectivity index (χ0v) is 25.9. The van der Waals surface area contributed by atoms with Gasteiger partial charge >= 0.3 is 0 Å². The molecule has 1 aliphatic carbocycles. The first-order valence-corrected chi connectivity index (χ1v) is 15.5. The van der Waals surface area contributed by atoms with Crippen molar-refractivity contribution in [1.82, 2.24) is 19.9 Å². The topological polar surface area (TPSA) is 87.8 Å². The fourth-order valence-electron chi connectivity index (χ4n) is 6.01. The van der Waals surface area contributed by atoms with E-state index in [-0.39, 0.29) is 0 Å². The van der Waals surface area contributed by atoms with Crippen LogP contribution in [-0.2, 0) is 0 Å². The molecule has 1 N–H and O–H groups in total. The number of pyridine rings is 4. The highest BCUT2D eigenvalue weighted by molar-refractivity contribution is 7.79. The molecule has 0 unspecified atom stereocenters. The fourth-order valence-corrected chi connectivity index (χ4v) is 6.17. The van der Waals surface area contributed by atoms with E-state index in [0.717, 1.165) is 78.3 Å². The molecule has 0 amide bonds. The first-order valence-electron chi connectivity index (χ1n) is 15.1. The fraction of sp³-hybridized carbons (Fsp3) is 0. The van der Waals surface area contributed by atoms with Crippen molar-refractivity contribution < 1.29 is 0 Å². The van der Waals surface area contributed by atoms with E-state index in [9.17, 15) is 0 Å². The second kappa shape index (κ2) is 12.0. The Morgan fingerprint density at radius 1 is 0.532 bits per heavy atom. The van der Waals surface area contributed by atoms with E-state index in [2.05, 4.69) is 81.8 Å². The highest BCUT2D eigenvalue weighted by atomic mass is 32.1. The largest absolute Gasteiger partial charge is 0.298 e. The van der Waals surface area contributed by atoms with Crippen molar-refractivity contribution >= 4 is 41.2 Å². The third-order valence-electron chi connectivity index (χ3n) is 8.32. The number of nitrogens with zero attached hydrogens (tertiary/aromatic N) is 5. The van der Waals surface area contributed by atoms with Gasteiger partial charge in [0.2, 0.25) is 0 Å². The van der Waals surface area contributed by atoms with Gasteiger partial charge in [0.1, 0.15) is 0 Å². The average Bonchev–Trinajstić information content (AvgIpc) is 3.15. The maximum atomic E-state index is 8.96. The van der Waals surface area contributed by atoms with Crippen molar-refractivity contribution in [3.8, 4) is 56.3 Å². The highest BCUT2D eigenvalue weighted by Crippen LogP contribution is 2.36. The molecule has 0 fully saturated rings. The molecule has 0 atom stereocenters. The van der Waals surface area contributed by atoms with Crippen LogP contribution in [0.15, 0.2) is 144 Å². The lowest BCUT2D eigenvalue weighted by molar-refractivity contribution is 1.22. The number of aromatic nitrogens is 4. The number of thiol groups is 1. The number of hydrogen-bond acceptors (Lipinski definition) is 7. The van der Waals surface area contributed by atoms with Gasteiger partial charge in [0, 0.05) is 34.5 Å². The minimum absolute atomic E-state index is 0.340. The van der Waals surface area contributed by atoms with Gasteiger partial charge in [-0.05, 0) is 89.7 Å². The zero-order valence-electron chi connectivity index (χ0n) is 25.0. The van der Waals surface area contributed by atoms with Crippen LogP contribution in [0.3, 0.4) is 0 Å². The molecule has 0 aliphatic heterocycles. The summed E-state index contributed by atoms with van der Waals surface area (Å²) in [6.45, 7) is 0. The van der Waals surface area contributed by atoms with Gasteiger partial charge in [-0.2, -0.15) is 0 Å². The maximum Gasteiger partial charge on any atom is 0.0966 e. The van der Waals surface area contributed by atoms with Crippen LogP contribution in [0.4, 0.5) is 0 Å². The highest BCUT2D eigenvalue weighted by Gasteiger charge is 2.23. The van der Waals surface area contributed by atoms with E-state index >= 15 is 0 Å². The molecular formula is C40H26N6S. The van der Waals surface area contributed by atoms with Crippen molar-refractivity contribution in [1.29, 1.82) is 5.41 Å². The summed E-state index contributed by atoms with van der Waals surface area (Å²) >= 11 is 4.12. The molecule has 4 heterocycles. The van der Waals surface area contributed by atoms with Gasteiger partial charge < -0.3 is 0 Å². The molecule has 47 heavy (non-hydrogen) atoms. The normalized spacial score (nSPS) is 13.2. The minimum Gasteiger partial charge on any atom is -0.298 e. The average molecular weight is 623 g/mol. The lowest BCUT2D eigenvalue weighted by Gasteiger charge is -2.19. The molecule has 0 saturated heterocycles. The lowest BCUT2D eigenvalue weighted by atomic mass is 9.87. The number of fused-ring (bicyclic) bond motifs is 3. The number of hydrogen-bond donors (Lipinski definition) is 2. The molecule has 0 bridgehead atoms. The molecule has 0 saturated carbocycles. The predicted octanol–water partition coefficient (Wildman–Crippen LogP) is 9.44. The van der Waals surface area contributed by atoms with Crippen molar-refractivity contribution in [2.24, 2.45) is 4.40 Å². The van der Waals surface area contributed by atoms with E-state index in [0.29, 0.717) is 11.4 Å². The van der Waals surface area contributed by atoms with Crippen LogP contribution >= 0.6 is 12.8 Å². The van der Waals surface area contributed by atoms with Crippen LogP contribution in [0.25, 0.3) is 73.3 Å². The van der Waals surface area contributed by atoms with Crippen molar-refractivity contribution in [3.05, 3.63) is 151 Å². The van der Waals surface area contributed by atoms with E-state index in [4.69, 9.17) is 15.4 Å². The molecule has 6 nitrogen and oxygen atoms in total. The predicted molar refractivity (Wildman–Crippen MR) is 195 cm³/mol. The summed E-state index contributed by atoms with van der Waals surface area (Å²) in [6.07, 6.45) is 7.38. The van der Waals surface area contributed by atoms with Crippen LogP contribution in [0, 0.1) is 5.41 Å². The lowest BCUT2D eigenvalue weighted by Crippen LogP contribution is -2.18. The standard InChI is InChI=1S/C40H26N6S/c41-39-34(46-47)19-18-31-38(39)30-17-16-28(22-35(30)45-40(31)27-8-2-1-3-9-27)25-12-14-26(15-13-25)29-23-36(32-10-4-6-20-42-32)44-37(24-29)33-11-5-7-21-43-33/h1-24,41,47H. The molecule has 1 aliphatic rings. The van der Waals surface area contributed by atoms with Crippen molar-refractivity contribution in [2.75, 3.05) is 0 Å². The summed E-state index contributed by atoms with van der Waals surface area (Å²) in [5.74, 6) is 0. The van der Waals surface area contributed by atoms with Crippen LogP contribution in [-0.4, -0.2) is 31.4 Å². The Hall–Kier alpha value is -6.05. The van der Waals surface area contributed by atoms with Gasteiger partial charge in [-0.1, -0.05) is 78.9 Å². The van der Waals surface area contributed by atoms with Gasteiger partial charge in [0.15, 0.2) is 0 Å². The van der Waals surface area contributed by atoms with E-state index in [1.807, 2.05) is 78.9 Å². The summed E-state index contributed by atoms with van der Waals surface area (Å²) in [5, 5.41) is 9.87. The molecular weight excluding hydrogens is 597 g/mol. The SMILES string of the molecule is N=C1C(=NS)C=Cc2c(-c3ccccc3)nc3cc(-c4ccc(-c5cc(-c6ccccn6)nc(-c6ccccn6)c5)cc4)ccc3c21. The maximum absolute atomic E-state index is 8.96. The molecule has 0 spiro atoms. The van der Waals surface area contributed by atoms with E-state index < -0.39 is 0 Å². The Labute approximate surface area is 277 Å². The van der Waals surface area contributed by atoms with Crippen molar-refractivity contribution in [2.45, 2.75) is 0 Å². The van der Waals surface area contributed by atoms with Gasteiger partial charge in [-0.15, -0.1) is 0 Å². The Balaban J connectivity index is 1.21. The summed E-state index contributed by atoms with van der Waals surface area (Å²) in [5.41, 5.74) is 12.6. The van der Waals surface area contributed by atoms with E-state index in [1.54, 1.807) is 12.4 Å². The van der Waals surface area contributed by atoms with Crippen LogP contribution < -0.4 is 0 Å². The Morgan fingerprint density at radius 2 is 1.15 bits per heavy atom. The number of allylic oxidation sites excluding steroid dienone is 1. The zero-order chi connectivity index (χ0) is 31.7. The first kappa shape index (κ1) is 28.4. The Kier molecular flexibility index (Phi) is 7.28. The summed E-state index contributed by atoms with van der Waals surface area (Å²) in [6, 6.07) is 40.7. The smallest absolute Gasteiger partial charge is 0.0966 e. The molecule has 0 radical (unpaired) electrons. The van der Waals surface area contributed by atoms with Gasteiger partial charge in [0.25, 0.3) is 0 Å². The Morgan fingerprint density at radius 3 is 1.77 bits per heavy atom. The number of benzene rings is 3. The van der Waals surface area contributed by atoms with Crippen molar-refractivity contribution in [3.63, 3.8) is 0 Å². The molecule has 7 aromatic rings. The Bertz CT molecular complexity index is 2290. The number of rotatable bonds is 5. The monoisotopic (exact) mass is 622 g/mol. The third kappa shape index (κ3) is 5.32. The van der Waals surface area contributed by atoms with Crippen LogP contribution in [0.5, 0.6) is 0 Å². The number of nitrogens with one attached hydrogen (secondary N) is 1. The summed E-state index contributed by atoms with van der Waals surface area (Å²) < 4.78 is 4.05. The molecule has 7 heteroatoms. The quantitative estimate of drug-likeness (QED) is 0.187. The minimum atomic E-state index is 0.340. The third-order valence-corrected chi connectivity index (χ3v) is 8.54. The van der Waals surface area contributed by atoms with Crippen LogP contribution in [0.2, 0.25) is 0 Å². The molecule has 3 aromatic carbocycles. The molecule has 222 valence electrons. The van der Waals surface area contributed by atoms with Gasteiger partial charge in [0.05, 0.1) is 45.4 Å². The second-order valence-electron chi connectivity index (χ2n) is 11.2. The molecule has 8 rings (SSSR count). The summed E-state index contributed by atoms with van der Waals surface area (Å²) in [4.78, 5) is 19.1. The van der Waals surface area contributed by atoms with E-state index in [1.165, 1.54) is 0 Å². The van der Waals surface area contributed by atoms with Crippen LogP contribution in [0.1, 0.15) is 11.1 Å². The second-order valence-corrected chi connectivity index (χ2v) is 11.4.